The summed E-state index contributed by atoms with van der Waals surface area (Å²) in [6.45, 7) is 1.85. The van der Waals surface area contributed by atoms with E-state index in [1.807, 2.05) is 37.3 Å². The Morgan fingerprint density at radius 2 is 1.88 bits per heavy atom. The Morgan fingerprint density at radius 1 is 1.15 bits per heavy atom. The predicted molar refractivity (Wildman–Crippen MR) is 106 cm³/mol. The van der Waals surface area contributed by atoms with Gasteiger partial charge in [0.1, 0.15) is 0 Å². The van der Waals surface area contributed by atoms with Crippen LogP contribution in [0.3, 0.4) is 0 Å². The molecule has 0 aromatic heterocycles. The average Bonchev–Trinajstić information content (AvgIpc) is 3.44. The van der Waals surface area contributed by atoms with Gasteiger partial charge in [-0.3, -0.25) is 4.79 Å². The van der Waals surface area contributed by atoms with Crippen LogP contribution in [0.1, 0.15) is 25.3 Å². The first-order valence-corrected chi connectivity index (χ1v) is 11.1. The number of carbonyl (C=O) groups is 1. The molecule has 26 heavy (non-hydrogen) atoms. The number of benzene rings is 2. The molecule has 7 heteroatoms. The zero-order chi connectivity index (χ0) is 18.6. The van der Waals surface area contributed by atoms with E-state index in [0.29, 0.717) is 5.69 Å². The van der Waals surface area contributed by atoms with Gasteiger partial charge in [-0.2, -0.15) is 0 Å². The van der Waals surface area contributed by atoms with Crippen LogP contribution in [-0.2, 0) is 20.6 Å². The third kappa shape index (κ3) is 5.33. The molecule has 2 aromatic rings. The Morgan fingerprint density at radius 3 is 2.58 bits per heavy atom. The molecule has 0 saturated heterocycles. The van der Waals surface area contributed by atoms with E-state index < -0.39 is 10.0 Å². The van der Waals surface area contributed by atoms with Crippen molar-refractivity contribution in [2.24, 2.45) is 0 Å². The molecule has 0 spiro atoms. The number of anilines is 1. The summed E-state index contributed by atoms with van der Waals surface area (Å²) < 4.78 is 27.2. The van der Waals surface area contributed by atoms with Gasteiger partial charge >= 0.3 is 0 Å². The van der Waals surface area contributed by atoms with Crippen molar-refractivity contribution in [2.45, 2.75) is 41.7 Å². The van der Waals surface area contributed by atoms with Crippen LogP contribution in [0.5, 0.6) is 0 Å². The van der Waals surface area contributed by atoms with E-state index in [4.69, 9.17) is 0 Å². The van der Waals surface area contributed by atoms with Crippen molar-refractivity contribution in [2.75, 3.05) is 5.32 Å². The lowest BCUT2D eigenvalue weighted by atomic mass is 10.2. The molecular weight excluding hydrogens is 368 g/mol. The molecule has 2 N–H and O–H groups in total. The van der Waals surface area contributed by atoms with Crippen LogP contribution in [0.25, 0.3) is 0 Å². The smallest absolute Gasteiger partial charge is 0.240 e. The highest BCUT2D eigenvalue weighted by Gasteiger charge is 2.28. The van der Waals surface area contributed by atoms with Crippen molar-refractivity contribution in [1.29, 1.82) is 0 Å². The summed E-state index contributed by atoms with van der Waals surface area (Å²) in [5.41, 5.74) is 1.65. The minimum Gasteiger partial charge on any atom is -0.325 e. The van der Waals surface area contributed by atoms with Crippen molar-refractivity contribution in [1.82, 2.24) is 4.72 Å². The van der Waals surface area contributed by atoms with Crippen molar-refractivity contribution < 1.29 is 13.2 Å². The number of thioether (sulfide) groups is 1. The second-order valence-electron chi connectivity index (χ2n) is 6.35. The number of sulfonamides is 1. The molecule has 1 aliphatic rings. The first kappa shape index (κ1) is 18.9. The van der Waals surface area contributed by atoms with Gasteiger partial charge in [0, 0.05) is 17.5 Å². The molecule has 1 amide bonds. The number of carbonyl (C=O) groups excluding carboxylic acids is 1. The zero-order valence-corrected chi connectivity index (χ0v) is 16.1. The first-order valence-electron chi connectivity index (χ1n) is 8.53. The van der Waals surface area contributed by atoms with Crippen molar-refractivity contribution >= 4 is 33.4 Å². The van der Waals surface area contributed by atoms with E-state index in [1.165, 1.54) is 12.1 Å². The Hall–Kier alpha value is -1.83. The Bertz CT molecular complexity index is 865. The Balaban J connectivity index is 1.59. The Labute approximate surface area is 158 Å². The minimum absolute atomic E-state index is 0.0488. The predicted octanol–water partition coefficient (Wildman–Crippen LogP) is 3.39. The molecule has 2 aromatic carbocycles. The van der Waals surface area contributed by atoms with Crippen molar-refractivity contribution in [3.63, 3.8) is 0 Å². The lowest BCUT2D eigenvalue weighted by Crippen LogP contribution is -2.26. The van der Waals surface area contributed by atoms with E-state index in [9.17, 15) is 13.2 Å². The summed E-state index contributed by atoms with van der Waals surface area (Å²) in [6, 6.07) is 16.4. The SMILES string of the molecule is CC(SCc1ccccc1)C(=O)Nc1cccc(S(=O)(=O)NC2CC2)c1. The maximum atomic E-state index is 12.4. The van der Waals surface area contributed by atoms with E-state index in [0.717, 1.165) is 24.2 Å². The van der Waals surface area contributed by atoms with Crippen LogP contribution in [0.2, 0.25) is 0 Å². The first-order chi connectivity index (χ1) is 12.4. The highest BCUT2D eigenvalue weighted by Crippen LogP contribution is 2.24. The van der Waals surface area contributed by atoms with Gasteiger partial charge in [-0.15, -0.1) is 11.8 Å². The van der Waals surface area contributed by atoms with Gasteiger partial charge in [-0.05, 0) is 43.5 Å². The molecule has 1 unspecified atom stereocenters. The molecule has 0 radical (unpaired) electrons. The molecule has 138 valence electrons. The molecule has 0 heterocycles. The summed E-state index contributed by atoms with van der Waals surface area (Å²) in [4.78, 5) is 12.6. The van der Waals surface area contributed by atoms with Gasteiger partial charge in [-0.25, -0.2) is 13.1 Å². The van der Waals surface area contributed by atoms with E-state index in [1.54, 1.807) is 23.9 Å². The van der Waals surface area contributed by atoms with E-state index in [2.05, 4.69) is 10.0 Å². The third-order valence-electron chi connectivity index (χ3n) is 4.02. The average molecular weight is 391 g/mol. The fraction of sp³-hybridized carbons (Fsp3) is 0.316. The molecule has 1 fully saturated rings. The zero-order valence-electron chi connectivity index (χ0n) is 14.5. The number of nitrogens with one attached hydrogen (secondary N) is 2. The van der Waals surface area contributed by atoms with Gasteiger partial charge < -0.3 is 5.32 Å². The van der Waals surface area contributed by atoms with Gasteiger partial charge in [0.25, 0.3) is 0 Å². The largest absolute Gasteiger partial charge is 0.325 e. The molecule has 0 bridgehead atoms. The van der Waals surface area contributed by atoms with Crippen LogP contribution < -0.4 is 10.0 Å². The standard InChI is InChI=1S/C19H22N2O3S2/c1-14(25-13-15-6-3-2-4-7-15)19(22)20-17-8-5-9-18(12-17)26(23,24)21-16-10-11-16/h2-9,12,14,16,21H,10-11,13H2,1H3,(H,20,22). The summed E-state index contributed by atoms with van der Waals surface area (Å²) in [5.74, 6) is 0.602. The minimum atomic E-state index is -3.53. The maximum Gasteiger partial charge on any atom is 0.240 e. The van der Waals surface area contributed by atoms with Crippen molar-refractivity contribution in [3.8, 4) is 0 Å². The van der Waals surface area contributed by atoms with Crippen LogP contribution in [0.15, 0.2) is 59.5 Å². The summed E-state index contributed by atoms with van der Waals surface area (Å²) in [5, 5.41) is 2.56. The lowest BCUT2D eigenvalue weighted by Gasteiger charge is -2.13. The number of amides is 1. The van der Waals surface area contributed by atoms with Crippen LogP contribution in [-0.4, -0.2) is 25.6 Å². The molecule has 5 nitrogen and oxygen atoms in total. The third-order valence-corrected chi connectivity index (χ3v) is 6.76. The fourth-order valence-electron chi connectivity index (χ4n) is 2.34. The van der Waals surface area contributed by atoms with E-state index in [-0.39, 0.29) is 22.1 Å². The highest BCUT2D eigenvalue weighted by molar-refractivity contribution is 7.99. The van der Waals surface area contributed by atoms with E-state index >= 15 is 0 Å². The molecule has 3 rings (SSSR count). The van der Waals surface area contributed by atoms with Gasteiger partial charge in [-0.1, -0.05) is 36.4 Å². The monoisotopic (exact) mass is 390 g/mol. The maximum absolute atomic E-state index is 12.4. The fourth-order valence-corrected chi connectivity index (χ4v) is 4.54. The van der Waals surface area contributed by atoms with Crippen LogP contribution in [0, 0.1) is 0 Å². The molecule has 1 atom stereocenters. The Kier molecular flexibility index (Phi) is 6.01. The summed E-state index contributed by atoms with van der Waals surface area (Å²) in [6.07, 6.45) is 1.76. The van der Waals surface area contributed by atoms with Gasteiger partial charge in [0.15, 0.2) is 0 Å². The molecule has 1 saturated carbocycles. The summed E-state index contributed by atoms with van der Waals surface area (Å²) in [7, 11) is -3.53. The van der Waals surface area contributed by atoms with Gasteiger partial charge in [0.05, 0.1) is 10.1 Å². The van der Waals surface area contributed by atoms with Crippen molar-refractivity contribution in [3.05, 3.63) is 60.2 Å². The highest BCUT2D eigenvalue weighted by atomic mass is 32.2. The molecular formula is C19H22N2O3S2. The number of rotatable bonds is 8. The van der Waals surface area contributed by atoms with Crippen LogP contribution in [0.4, 0.5) is 5.69 Å². The quantitative estimate of drug-likeness (QED) is 0.724. The topological polar surface area (TPSA) is 75.3 Å². The summed E-state index contributed by atoms with van der Waals surface area (Å²) >= 11 is 1.54. The number of hydrogen-bond acceptors (Lipinski definition) is 4. The molecule has 1 aliphatic carbocycles. The lowest BCUT2D eigenvalue weighted by molar-refractivity contribution is -0.115. The molecule has 0 aliphatic heterocycles. The second-order valence-corrected chi connectivity index (χ2v) is 9.39. The van der Waals surface area contributed by atoms with Gasteiger partial charge in [0.2, 0.25) is 15.9 Å². The number of hydrogen-bond donors (Lipinski definition) is 2. The normalized spacial score (nSPS) is 15.4. The van der Waals surface area contributed by atoms with Crippen LogP contribution >= 0.6 is 11.8 Å². The second kappa shape index (κ2) is 8.24.